The first-order valence-electron chi connectivity index (χ1n) is 13.5. The van der Waals surface area contributed by atoms with Crippen LogP contribution in [0.15, 0.2) is 48.5 Å². The molecule has 0 radical (unpaired) electrons. The lowest BCUT2D eigenvalue weighted by Gasteiger charge is -2.43. The number of rotatable bonds is 9. The summed E-state index contributed by atoms with van der Waals surface area (Å²) in [5.41, 5.74) is -0.677. The zero-order valence-electron chi connectivity index (χ0n) is 22.5. The van der Waals surface area contributed by atoms with Crippen LogP contribution in [0.25, 0.3) is 0 Å². The fraction of sp³-hybridized carbons (Fsp3) is 0.533. The molecule has 1 amide bonds. The predicted molar refractivity (Wildman–Crippen MR) is 137 cm³/mol. The Morgan fingerprint density at radius 2 is 1.88 bits per heavy atom. The number of ether oxygens (including phenoxy) is 4. The van der Waals surface area contributed by atoms with E-state index in [-0.39, 0.29) is 32.0 Å². The summed E-state index contributed by atoms with van der Waals surface area (Å²) in [4.78, 5) is 13.8. The van der Waals surface area contributed by atoms with Gasteiger partial charge in [-0.25, -0.2) is 0 Å². The van der Waals surface area contributed by atoms with Crippen LogP contribution in [0.5, 0.6) is 0 Å². The van der Waals surface area contributed by atoms with Crippen molar-refractivity contribution in [2.45, 2.75) is 88.6 Å². The van der Waals surface area contributed by atoms with Gasteiger partial charge in [0.15, 0.2) is 11.4 Å². The van der Waals surface area contributed by atoms with Crippen molar-refractivity contribution in [2.24, 2.45) is 5.92 Å². The third kappa shape index (κ3) is 6.50. The van der Waals surface area contributed by atoms with Crippen molar-refractivity contribution in [2.75, 3.05) is 6.54 Å². The molecule has 0 bridgehead atoms. The van der Waals surface area contributed by atoms with Crippen molar-refractivity contribution in [1.29, 1.82) is 5.26 Å². The van der Waals surface area contributed by atoms with Gasteiger partial charge >= 0.3 is 6.18 Å². The summed E-state index contributed by atoms with van der Waals surface area (Å²) in [6.45, 7) is 3.98. The number of nitrogens with zero attached hydrogens (tertiary/aromatic N) is 1. The standard InChI is InChI=1S/C30H33F3N2O5/c1-28(2)39-25-14-29(27(36)35-16-19-10-11-19,38-18-22-8-4-3-7-21(22)15-34)13-24(26(25)40-28)37-17-20-6-5-9-23(12-20)30(31,32)33/h3-9,12,19,24-26H,10-11,13-14,16-18H2,1-2H3,(H,35,36)/t24-,25+,26-,29+/m0/s1. The molecule has 40 heavy (non-hydrogen) atoms. The van der Waals surface area contributed by atoms with E-state index in [1.165, 1.54) is 6.07 Å². The molecule has 2 aromatic rings. The average Bonchev–Trinajstić information content (AvgIpc) is 3.69. The molecule has 1 saturated heterocycles. The second-order valence-electron chi connectivity index (χ2n) is 11.3. The first kappa shape index (κ1) is 28.6. The Kier molecular flexibility index (Phi) is 7.94. The quantitative estimate of drug-likeness (QED) is 0.452. The maximum atomic E-state index is 13.8. The zero-order chi connectivity index (χ0) is 28.5. The van der Waals surface area contributed by atoms with Crippen LogP contribution in [0, 0.1) is 17.2 Å². The minimum absolute atomic E-state index is 0.0164. The summed E-state index contributed by atoms with van der Waals surface area (Å²) in [5.74, 6) is -0.802. The maximum absolute atomic E-state index is 13.8. The highest BCUT2D eigenvalue weighted by Gasteiger charge is 2.58. The molecular weight excluding hydrogens is 525 g/mol. The van der Waals surface area contributed by atoms with E-state index in [9.17, 15) is 23.2 Å². The highest BCUT2D eigenvalue weighted by Crippen LogP contribution is 2.44. The number of alkyl halides is 3. The monoisotopic (exact) mass is 558 g/mol. The first-order valence-corrected chi connectivity index (χ1v) is 13.5. The molecule has 0 spiro atoms. The number of amides is 1. The van der Waals surface area contributed by atoms with Crippen LogP contribution in [0.4, 0.5) is 13.2 Å². The molecule has 2 aliphatic carbocycles. The number of carbonyl (C=O) groups is 1. The van der Waals surface area contributed by atoms with Crippen LogP contribution in [0.2, 0.25) is 0 Å². The summed E-state index contributed by atoms with van der Waals surface area (Å²) in [5, 5.41) is 12.6. The Labute approximate surface area is 231 Å². The molecule has 2 saturated carbocycles. The molecule has 3 aliphatic rings. The number of carbonyl (C=O) groups excluding carboxylic acids is 1. The molecule has 5 rings (SSSR count). The van der Waals surface area contributed by atoms with E-state index >= 15 is 0 Å². The summed E-state index contributed by atoms with van der Waals surface area (Å²) in [6, 6.07) is 14.2. The van der Waals surface area contributed by atoms with E-state index in [0.717, 1.165) is 25.0 Å². The van der Waals surface area contributed by atoms with Crippen LogP contribution >= 0.6 is 0 Å². The SMILES string of the molecule is CC1(C)O[C@H]2[C@@H](OCc3cccc(C(F)(F)F)c3)C[C@](OCc3ccccc3C#N)(C(=O)NCC3CC3)C[C@H]2O1. The van der Waals surface area contributed by atoms with E-state index in [4.69, 9.17) is 18.9 Å². The third-order valence-electron chi connectivity index (χ3n) is 7.67. The van der Waals surface area contributed by atoms with Gasteiger partial charge in [-0.1, -0.05) is 30.3 Å². The van der Waals surface area contributed by atoms with Gasteiger partial charge in [0.25, 0.3) is 5.91 Å². The van der Waals surface area contributed by atoms with Gasteiger partial charge in [0.1, 0.15) is 6.10 Å². The van der Waals surface area contributed by atoms with E-state index in [2.05, 4.69) is 11.4 Å². The molecule has 0 aromatic heterocycles. The maximum Gasteiger partial charge on any atom is 0.416 e. The van der Waals surface area contributed by atoms with Gasteiger partial charge in [0.05, 0.1) is 42.6 Å². The number of hydrogen-bond acceptors (Lipinski definition) is 6. The Hall–Kier alpha value is -2.97. The molecule has 1 N–H and O–H groups in total. The van der Waals surface area contributed by atoms with E-state index in [1.54, 1.807) is 44.2 Å². The van der Waals surface area contributed by atoms with Crippen LogP contribution in [0.1, 0.15) is 61.8 Å². The molecule has 7 nitrogen and oxygen atoms in total. The van der Waals surface area contributed by atoms with Crippen molar-refractivity contribution in [3.05, 3.63) is 70.8 Å². The van der Waals surface area contributed by atoms with Crippen LogP contribution < -0.4 is 5.32 Å². The third-order valence-corrected chi connectivity index (χ3v) is 7.67. The lowest BCUT2D eigenvalue weighted by Crippen LogP contribution is -2.60. The highest BCUT2D eigenvalue weighted by molar-refractivity contribution is 5.85. The lowest BCUT2D eigenvalue weighted by atomic mass is 9.78. The largest absolute Gasteiger partial charge is 0.416 e. The molecule has 2 aromatic carbocycles. The van der Waals surface area contributed by atoms with Crippen molar-refractivity contribution in [1.82, 2.24) is 5.32 Å². The number of halogens is 3. The van der Waals surface area contributed by atoms with Gasteiger partial charge in [-0.15, -0.1) is 0 Å². The van der Waals surface area contributed by atoms with Crippen LogP contribution in [-0.2, 0) is 43.1 Å². The molecule has 0 unspecified atom stereocenters. The molecule has 1 heterocycles. The summed E-state index contributed by atoms with van der Waals surface area (Å²) >= 11 is 0. The van der Waals surface area contributed by atoms with E-state index in [0.29, 0.717) is 29.2 Å². The lowest BCUT2D eigenvalue weighted by molar-refractivity contribution is -0.183. The van der Waals surface area contributed by atoms with Gasteiger partial charge in [-0.2, -0.15) is 18.4 Å². The number of hydrogen-bond donors (Lipinski definition) is 1. The zero-order valence-corrected chi connectivity index (χ0v) is 22.5. The van der Waals surface area contributed by atoms with Crippen molar-refractivity contribution in [3.8, 4) is 6.07 Å². The minimum atomic E-state index is -4.47. The Balaban J connectivity index is 1.41. The number of benzene rings is 2. The minimum Gasteiger partial charge on any atom is -0.371 e. The molecular formula is C30H33F3N2O5. The van der Waals surface area contributed by atoms with Crippen molar-refractivity contribution in [3.63, 3.8) is 0 Å². The molecule has 3 fully saturated rings. The molecule has 1 aliphatic heterocycles. The van der Waals surface area contributed by atoms with Crippen molar-refractivity contribution < 1.29 is 36.9 Å². The van der Waals surface area contributed by atoms with Gasteiger partial charge < -0.3 is 24.3 Å². The Morgan fingerprint density at radius 1 is 1.10 bits per heavy atom. The predicted octanol–water partition coefficient (Wildman–Crippen LogP) is 5.26. The number of nitrogens with one attached hydrogen (secondary N) is 1. The Morgan fingerprint density at radius 3 is 2.60 bits per heavy atom. The van der Waals surface area contributed by atoms with E-state index < -0.39 is 41.4 Å². The van der Waals surface area contributed by atoms with Gasteiger partial charge in [-0.3, -0.25) is 4.79 Å². The summed E-state index contributed by atoms with van der Waals surface area (Å²) in [6.07, 6.45) is -3.83. The summed E-state index contributed by atoms with van der Waals surface area (Å²) in [7, 11) is 0. The molecule has 4 atom stereocenters. The average molecular weight is 559 g/mol. The first-order chi connectivity index (χ1) is 19.0. The van der Waals surface area contributed by atoms with Gasteiger partial charge in [-0.05, 0) is 61.9 Å². The summed E-state index contributed by atoms with van der Waals surface area (Å²) < 4.78 is 64.7. The topological polar surface area (TPSA) is 89.8 Å². The number of fused-ring (bicyclic) bond motifs is 1. The van der Waals surface area contributed by atoms with E-state index in [1.807, 2.05) is 0 Å². The van der Waals surface area contributed by atoms with Gasteiger partial charge in [0.2, 0.25) is 0 Å². The highest BCUT2D eigenvalue weighted by atomic mass is 19.4. The van der Waals surface area contributed by atoms with Gasteiger partial charge in [0, 0.05) is 19.4 Å². The van der Waals surface area contributed by atoms with Crippen LogP contribution in [0.3, 0.4) is 0 Å². The fourth-order valence-electron chi connectivity index (χ4n) is 5.44. The number of nitriles is 1. The normalized spacial score (nSPS) is 27.6. The van der Waals surface area contributed by atoms with Crippen LogP contribution in [-0.4, -0.2) is 42.2 Å². The van der Waals surface area contributed by atoms with Crippen molar-refractivity contribution >= 4 is 5.91 Å². The Bertz CT molecular complexity index is 1270. The molecule has 214 valence electrons. The molecule has 10 heteroatoms. The fourth-order valence-corrected chi connectivity index (χ4v) is 5.44. The smallest absolute Gasteiger partial charge is 0.371 e. The second-order valence-corrected chi connectivity index (χ2v) is 11.3. The second kappa shape index (κ2) is 11.1.